The minimum Gasteiger partial charge on any atom is -0.321 e. The summed E-state index contributed by atoms with van der Waals surface area (Å²) in [7, 11) is 1.74. The highest BCUT2D eigenvalue weighted by molar-refractivity contribution is 9.10. The molecule has 0 aliphatic rings. The molecule has 0 unspecified atom stereocenters. The van der Waals surface area contributed by atoms with Crippen LogP contribution in [-0.4, -0.2) is 35.9 Å². The highest BCUT2D eigenvalue weighted by Gasteiger charge is 2.19. The maximum Gasteiger partial charge on any atom is 0.259 e. The molecular formula is C19H15BrFN7OS. The van der Waals surface area contributed by atoms with Gasteiger partial charge in [0.1, 0.15) is 11.5 Å². The van der Waals surface area contributed by atoms with Crippen LogP contribution in [0.2, 0.25) is 0 Å². The first-order valence-corrected chi connectivity index (χ1v) is 10.4. The van der Waals surface area contributed by atoms with E-state index in [0.29, 0.717) is 22.1 Å². The van der Waals surface area contributed by atoms with Crippen molar-refractivity contribution in [2.75, 3.05) is 5.32 Å². The second-order valence-electron chi connectivity index (χ2n) is 6.29. The summed E-state index contributed by atoms with van der Waals surface area (Å²) in [5, 5.41) is 19.1. The predicted octanol–water partition coefficient (Wildman–Crippen LogP) is 4.01. The van der Waals surface area contributed by atoms with E-state index in [4.69, 9.17) is 0 Å². The highest BCUT2D eigenvalue weighted by atomic mass is 79.9. The number of nitrogens with zero attached hydrogens (tertiary/aromatic N) is 6. The normalized spacial score (nSPS) is 10.9. The predicted molar refractivity (Wildman–Crippen MR) is 113 cm³/mol. The minimum atomic E-state index is -0.418. The summed E-state index contributed by atoms with van der Waals surface area (Å²) in [5.41, 5.74) is 1.73. The van der Waals surface area contributed by atoms with Gasteiger partial charge in [-0.05, 0) is 59.4 Å². The Bertz CT molecular complexity index is 1240. The summed E-state index contributed by atoms with van der Waals surface area (Å²) >= 11 is 4.75. The molecule has 152 valence electrons. The zero-order valence-corrected chi connectivity index (χ0v) is 18.3. The van der Waals surface area contributed by atoms with Gasteiger partial charge in [-0.15, -0.1) is 5.10 Å². The molecule has 11 heteroatoms. The monoisotopic (exact) mass is 487 g/mol. The first-order valence-electron chi connectivity index (χ1n) is 8.74. The molecule has 0 fully saturated rings. The molecule has 0 spiro atoms. The molecule has 30 heavy (non-hydrogen) atoms. The molecule has 0 bridgehead atoms. The molecule has 4 aromatic rings. The van der Waals surface area contributed by atoms with Crippen molar-refractivity contribution in [2.24, 2.45) is 7.05 Å². The fourth-order valence-corrected chi connectivity index (χ4v) is 3.94. The Morgan fingerprint density at radius 1 is 1.23 bits per heavy atom. The maximum atomic E-state index is 14.1. The lowest BCUT2D eigenvalue weighted by atomic mass is 10.2. The second kappa shape index (κ2) is 8.36. The van der Waals surface area contributed by atoms with E-state index in [1.54, 1.807) is 42.9 Å². The van der Waals surface area contributed by atoms with E-state index in [1.165, 1.54) is 28.7 Å². The van der Waals surface area contributed by atoms with Gasteiger partial charge >= 0.3 is 0 Å². The number of benzene rings is 2. The van der Waals surface area contributed by atoms with Crippen molar-refractivity contribution < 1.29 is 9.18 Å². The van der Waals surface area contributed by atoms with Crippen molar-refractivity contribution in [2.45, 2.75) is 17.0 Å². The fraction of sp³-hybridized carbons (Fsp3) is 0.105. The number of amides is 1. The van der Waals surface area contributed by atoms with Gasteiger partial charge < -0.3 is 5.32 Å². The van der Waals surface area contributed by atoms with Gasteiger partial charge in [0.2, 0.25) is 5.16 Å². The SMILES string of the molecule is Cc1c(C(=O)Nc2cc(Br)ccc2Sc2nnnn2C)cnn1-c1ccccc1F. The summed E-state index contributed by atoms with van der Waals surface area (Å²) in [6, 6.07) is 11.8. The van der Waals surface area contributed by atoms with E-state index in [0.717, 1.165) is 9.37 Å². The first kappa shape index (κ1) is 20.2. The van der Waals surface area contributed by atoms with Gasteiger partial charge in [-0.3, -0.25) is 4.79 Å². The van der Waals surface area contributed by atoms with E-state index in [-0.39, 0.29) is 11.6 Å². The molecule has 0 aliphatic heterocycles. The van der Waals surface area contributed by atoms with Crippen LogP contribution in [0, 0.1) is 12.7 Å². The van der Waals surface area contributed by atoms with Crippen molar-refractivity contribution in [3.63, 3.8) is 0 Å². The van der Waals surface area contributed by atoms with Crippen molar-refractivity contribution >= 4 is 39.3 Å². The number of para-hydroxylation sites is 1. The summed E-state index contributed by atoms with van der Waals surface area (Å²) < 4.78 is 17.9. The zero-order chi connectivity index (χ0) is 21.3. The lowest BCUT2D eigenvalue weighted by Gasteiger charge is -2.11. The van der Waals surface area contributed by atoms with Crippen molar-refractivity contribution in [3.05, 3.63) is 70.2 Å². The number of halogens is 2. The van der Waals surface area contributed by atoms with Crippen LogP contribution in [0.15, 0.2) is 63.2 Å². The summed E-state index contributed by atoms with van der Waals surface area (Å²) in [5.74, 6) is -0.773. The molecule has 2 aromatic heterocycles. The number of tetrazole rings is 1. The number of anilines is 1. The topological polar surface area (TPSA) is 90.5 Å². The van der Waals surface area contributed by atoms with Gasteiger partial charge in [-0.2, -0.15) is 5.10 Å². The Hall–Kier alpha value is -3.05. The Labute approximate surface area is 183 Å². The third-order valence-corrected chi connectivity index (χ3v) is 5.90. The molecule has 0 radical (unpaired) electrons. The van der Waals surface area contributed by atoms with Crippen LogP contribution in [0.4, 0.5) is 10.1 Å². The van der Waals surface area contributed by atoms with Crippen molar-refractivity contribution in [1.82, 2.24) is 30.0 Å². The Morgan fingerprint density at radius 2 is 2.03 bits per heavy atom. The standard InChI is InChI=1S/C19H15BrFN7OS/c1-11-13(10-22-28(11)16-6-4-3-5-14(16)21)18(29)23-15-9-12(20)7-8-17(15)30-19-24-25-26-27(19)2/h3-10H,1-2H3,(H,23,29). The molecule has 4 rings (SSSR count). The average molecular weight is 488 g/mol. The van der Waals surface area contributed by atoms with E-state index >= 15 is 0 Å². The first-order chi connectivity index (χ1) is 14.4. The number of hydrogen-bond acceptors (Lipinski definition) is 6. The average Bonchev–Trinajstić information content (AvgIpc) is 3.30. The van der Waals surface area contributed by atoms with Crippen molar-refractivity contribution in [1.29, 1.82) is 0 Å². The molecule has 2 aromatic carbocycles. The van der Waals surface area contributed by atoms with Crippen LogP contribution in [0.5, 0.6) is 0 Å². The number of nitrogens with one attached hydrogen (secondary N) is 1. The number of rotatable bonds is 5. The quantitative estimate of drug-likeness (QED) is 0.457. The molecule has 8 nitrogen and oxygen atoms in total. The van der Waals surface area contributed by atoms with Gasteiger partial charge in [-0.25, -0.2) is 13.8 Å². The van der Waals surface area contributed by atoms with Crippen LogP contribution in [0.25, 0.3) is 5.69 Å². The van der Waals surface area contributed by atoms with Gasteiger partial charge in [0.25, 0.3) is 5.91 Å². The number of aromatic nitrogens is 6. The van der Waals surface area contributed by atoms with Gasteiger partial charge in [0.05, 0.1) is 23.1 Å². The van der Waals surface area contributed by atoms with Crippen LogP contribution < -0.4 is 5.32 Å². The van der Waals surface area contributed by atoms with Crippen LogP contribution >= 0.6 is 27.7 Å². The molecule has 0 atom stereocenters. The summed E-state index contributed by atoms with van der Waals surface area (Å²) in [6.45, 7) is 1.72. The van der Waals surface area contributed by atoms with Crippen LogP contribution in [-0.2, 0) is 7.05 Å². The minimum absolute atomic E-state index is 0.280. The lowest BCUT2D eigenvalue weighted by Crippen LogP contribution is -2.14. The molecule has 0 saturated heterocycles. The number of aryl methyl sites for hydroxylation is 1. The van der Waals surface area contributed by atoms with E-state index in [1.807, 2.05) is 12.1 Å². The Kier molecular flexibility index (Phi) is 5.64. The molecular weight excluding hydrogens is 473 g/mol. The molecule has 0 aliphatic carbocycles. The maximum absolute atomic E-state index is 14.1. The van der Waals surface area contributed by atoms with Gasteiger partial charge in [-0.1, -0.05) is 28.1 Å². The highest BCUT2D eigenvalue weighted by Crippen LogP contribution is 2.34. The molecule has 1 amide bonds. The molecule has 1 N–H and O–H groups in total. The molecule has 2 heterocycles. The van der Waals surface area contributed by atoms with E-state index < -0.39 is 5.82 Å². The van der Waals surface area contributed by atoms with Crippen LogP contribution in [0.3, 0.4) is 0 Å². The largest absolute Gasteiger partial charge is 0.321 e. The van der Waals surface area contributed by atoms with Gasteiger partial charge in [0.15, 0.2) is 0 Å². The third kappa shape index (κ3) is 3.98. The van der Waals surface area contributed by atoms with Crippen molar-refractivity contribution in [3.8, 4) is 5.69 Å². The number of carbonyl (C=O) groups excluding carboxylic acids is 1. The number of carbonyl (C=O) groups is 1. The lowest BCUT2D eigenvalue weighted by molar-refractivity contribution is 0.102. The Morgan fingerprint density at radius 3 is 2.77 bits per heavy atom. The van der Waals surface area contributed by atoms with Gasteiger partial charge in [0, 0.05) is 16.4 Å². The summed E-state index contributed by atoms with van der Waals surface area (Å²) in [6.07, 6.45) is 1.43. The smallest absolute Gasteiger partial charge is 0.259 e. The fourth-order valence-electron chi connectivity index (χ4n) is 2.78. The van der Waals surface area contributed by atoms with E-state index in [2.05, 4.69) is 41.9 Å². The van der Waals surface area contributed by atoms with E-state index in [9.17, 15) is 9.18 Å². The number of hydrogen-bond donors (Lipinski definition) is 1. The summed E-state index contributed by atoms with van der Waals surface area (Å²) in [4.78, 5) is 13.7. The zero-order valence-electron chi connectivity index (χ0n) is 15.9. The Balaban J connectivity index is 1.63. The van der Waals surface area contributed by atoms with Crippen LogP contribution in [0.1, 0.15) is 16.1 Å². The third-order valence-electron chi connectivity index (χ3n) is 4.31. The molecule has 0 saturated carbocycles. The second-order valence-corrected chi connectivity index (χ2v) is 8.21.